The molecule has 1 aromatic rings. The number of hydrogen-bond donors (Lipinski definition) is 0. The van der Waals surface area contributed by atoms with Crippen LogP contribution in [0, 0.1) is 12.8 Å². The zero-order valence-electron chi connectivity index (χ0n) is 9.15. The quantitative estimate of drug-likeness (QED) is 0.790. The predicted molar refractivity (Wildman–Crippen MR) is 65.5 cm³/mol. The van der Waals surface area contributed by atoms with Gasteiger partial charge in [-0.1, -0.05) is 15.9 Å². The fourth-order valence-electron chi connectivity index (χ4n) is 1.93. The summed E-state index contributed by atoms with van der Waals surface area (Å²) in [5.74, 6) is 1.84. The fourth-order valence-corrected chi connectivity index (χ4v) is 2.99. The topological polar surface area (TPSA) is 29.0 Å². The van der Waals surface area contributed by atoms with Gasteiger partial charge in [-0.2, -0.15) is 0 Å². The van der Waals surface area contributed by atoms with Gasteiger partial charge in [0.2, 0.25) is 0 Å². The highest BCUT2D eigenvalue weighted by atomic mass is 79.9. The molecule has 0 spiro atoms. The zero-order chi connectivity index (χ0) is 10.8. The maximum atomic E-state index is 4.27. The Morgan fingerprint density at radius 3 is 2.80 bits per heavy atom. The van der Waals surface area contributed by atoms with Gasteiger partial charge in [-0.3, -0.25) is 0 Å². The molecule has 82 valence electrons. The van der Waals surface area contributed by atoms with E-state index >= 15 is 0 Å². The monoisotopic (exact) mass is 269 g/mol. The normalized spacial score (nSPS) is 24.7. The largest absolute Gasteiger partial charge is 0.359 e. The smallest absolute Gasteiger partial charge is 0.131 e. The van der Waals surface area contributed by atoms with Crippen molar-refractivity contribution in [2.45, 2.75) is 24.6 Å². The van der Waals surface area contributed by atoms with E-state index in [0.717, 1.165) is 28.8 Å². The second-order valence-electron chi connectivity index (χ2n) is 4.33. The molecule has 0 aromatic carbocycles. The van der Waals surface area contributed by atoms with Crippen molar-refractivity contribution in [1.82, 2.24) is 9.97 Å². The molecule has 15 heavy (non-hydrogen) atoms. The molecule has 3 nitrogen and oxygen atoms in total. The van der Waals surface area contributed by atoms with Gasteiger partial charge in [0.25, 0.3) is 0 Å². The van der Waals surface area contributed by atoms with Crippen LogP contribution in [-0.2, 0) is 0 Å². The van der Waals surface area contributed by atoms with Gasteiger partial charge in [-0.25, -0.2) is 9.97 Å². The Morgan fingerprint density at radius 1 is 1.47 bits per heavy atom. The lowest BCUT2D eigenvalue weighted by Crippen LogP contribution is -2.35. The fraction of sp³-hybridized carbons (Fsp3) is 0.636. The number of hydrogen-bond acceptors (Lipinski definition) is 3. The minimum Gasteiger partial charge on any atom is -0.359 e. The van der Waals surface area contributed by atoms with E-state index in [0.29, 0.717) is 0 Å². The van der Waals surface area contributed by atoms with Gasteiger partial charge in [0.1, 0.15) is 12.1 Å². The van der Waals surface area contributed by atoms with Gasteiger partial charge in [0, 0.05) is 30.2 Å². The van der Waals surface area contributed by atoms with Crippen LogP contribution < -0.4 is 4.90 Å². The minimum absolute atomic E-state index is 0.739. The lowest BCUT2D eigenvalue weighted by molar-refractivity contribution is 0.338. The van der Waals surface area contributed by atoms with Crippen molar-refractivity contribution in [2.75, 3.05) is 18.5 Å². The first-order valence-corrected chi connectivity index (χ1v) is 6.20. The Kier molecular flexibility index (Phi) is 3.24. The molecule has 0 radical (unpaired) electrons. The number of rotatable bonds is 3. The first kappa shape index (κ1) is 10.9. The van der Waals surface area contributed by atoms with Gasteiger partial charge in [-0.15, -0.1) is 0 Å². The van der Waals surface area contributed by atoms with Crippen molar-refractivity contribution >= 4 is 21.7 Å². The van der Waals surface area contributed by atoms with Gasteiger partial charge < -0.3 is 4.90 Å². The van der Waals surface area contributed by atoms with Gasteiger partial charge >= 0.3 is 0 Å². The van der Waals surface area contributed by atoms with Crippen LogP contribution >= 0.6 is 15.9 Å². The second kappa shape index (κ2) is 4.47. The molecule has 1 aromatic heterocycles. The zero-order valence-corrected chi connectivity index (χ0v) is 10.7. The van der Waals surface area contributed by atoms with Crippen LogP contribution in [0.15, 0.2) is 12.4 Å². The molecule has 1 aliphatic rings. The lowest BCUT2D eigenvalue weighted by Gasteiger charge is -2.34. The molecular weight excluding hydrogens is 254 g/mol. The Bertz CT molecular complexity index is 336. The van der Waals surface area contributed by atoms with Crippen molar-refractivity contribution in [3.8, 4) is 0 Å². The Balaban J connectivity index is 1.93. The molecule has 0 atom stereocenters. The Labute approximate surface area is 99.0 Å². The Hall–Kier alpha value is -0.640. The Morgan fingerprint density at radius 2 is 2.20 bits per heavy atom. The van der Waals surface area contributed by atoms with Crippen molar-refractivity contribution in [3.05, 3.63) is 18.1 Å². The van der Waals surface area contributed by atoms with Crippen molar-refractivity contribution in [2.24, 2.45) is 5.92 Å². The van der Waals surface area contributed by atoms with Crippen molar-refractivity contribution < 1.29 is 0 Å². The summed E-state index contributed by atoms with van der Waals surface area (Å²) in [6.45, 7) is 3.09. The summed E-state index contributed by atoms with van der Waals surface area (Å²) in [5.41, 5.74) is 1.03. The summed E-state index contributed by atoms with van der Waals surface area (Å²) in [5, 5.41) is 0. The van der Waals surface area contributed by atoms with E-state index in [9.17, 15) is 0 Å². The molecule has 4 heteroatoms. The highest BCUT2D eigenvalue weighted by Gasteiger charge is 2.27. The molecule has 0 bridgehead atoms. The van der Waals surface area contributed by atoms with Gasteiger partial charge in [-0.05, 0) is 25.7 Å². The summed E-state index contributed by atoms with van der Waals surface area (Å²) in [4.78, 5) is 11.3. The van der Waals surface area contributed by atoms with E-state index < -0.39 is 0 Å². The number of nitrogens with zero attached hydrogens (tertiary/aromatic N) is 3. The van der Waals surface area contributed by atoms with Crippen LogP contribution in [0.4, 0.5) is 5.82 Å². The SMILES string of the molecule is Cc1cc(N(C)CC2CC(Br)C2)ncn1. The molecule has 0 N–H and O–H groups in total. The molecule has 1 saturated carbocycles. The number of alkyl halides is 1. The average molecular weight is 270 g/mol. The minimum atomic E-state index is 0.739. The van der Waals surface area contributed by atoms with Crippen LogP contribution in [0.1, 0.15) is 18.5 Å². The summed E-state index contributed by atoms with van der Waals surface area (Å²) in [6, 6.07) is 2.03. The molecule has 0 aliphatic heterocycles. The van der Waals surface area contributed by atoms with Crippen LogP contribution in [-0.4, -0.2) is 28.4 Å². The molecule has 0 amide bonds. The van der Waals surface area contributed by atoms with Crippen molar-refractivity contribution in [1.29, 1.82) is 0 Å². The second-order valence-corrected chi connectivity index (χ2v) is 5.63. The van der Waals surface area contributed by atoms with E-state index in [4.69, 9.17) is 0 Å². The van der Waals surface area contributed by atoms with Gasteiger partial charge in [0.05, 0.1) is 0 Å². The van der Waals surface area contributed by atoms with Crippen LogP contribution in [0.5, 0.6) is 0 Å². The van der Waals surface area contributed by atoms with E-state index in [2.05, 4.69) is 37.8 Å². The van der Waals surface area contributed by atoms with Crippen LogP contribution in [0.3, 0.4) is 0 Å². The van der Waals surface area contributed by atoms with E-state index in [-0.39, 0.29) is 0 Å². The third kappa shape index (κ3) is 2.68. The van der Waals surface area contributed by atoms with Crippen LogP contribution in [0.2, 0.25) is 0 Å². The third-order valence-corrected chi connectivity index (χ3v) is 3.64. The third-order valence-electron chi connectivity index (χ3n) is 2.89. The molecule has 1 aliphatic carbocycles. The predicted octanol–water partition coefficient (Wildman–Crippen LogP) is 2.39. The molecule has 0 saturated heterocycles. The van der Waals surface area contributed by atoms with Crippen molar-refractivity contribution in [3.63, 3.8) is 0 Å². The first-order chi connectivity index (χ1) is 7.15. The van der Waals surface area contributed by atoms with E-state index in [1.807, 2.05) is 13.0 Å². The molecule has 2 rings (SSSR count). The number of anilines is 1. The maximum absolute atomic E-state index is 4.27. The highest BCUT2D eigenvalue weighted by molar-refractivity contribution is 9.09. The number of aryl methyl sites for hydroxylation is 1. The lowest BCUT2D eigenvalue weighted by atomic mass is 9.85. The molecular formula is C11H16BrN3. The highest BCUT2D eigenvalue weighted by Crippen LogP contribution is 2.34. The summed E-state index contributed by atoms with van der Waals surface area (Å²) < 4.78 is 0. The van der Waals surface area contributed by atoms with E-state index in [1.54, 1.807) is 6.33 Å². The van der Waals surface area contributed by atoms with Gasteiger partial charge in [0.15, 0.2) is 0 Å². The number of halogens is 1. The van der Waals surface area contributed by atoms with E-state index in [1.165, 1.54) is 12.8 Å². The number of aromatic nitrogens is 2. The molecule has 1 fully saturated rings. The standard InChI is InChI=1S/C11H16BrN3/c1-8-3-11(14-7-13-8)15(2)6-9-4-10(12)5-9/h3,7,9-10H,4-6H2,1-2H3. The molecule has 1 heterocycles. The average Bonchev–Trinajstić information content (AvgIpc) is 2.15. The first-order valence-electron chi connectivity index (χ1n) is 5.29. The maximum Gasteiger partial charge on any atom is 0.131 e. The molecule has 0 unspecified atom stereocenters. The summed E-state index contributed by atoms with van der Waals surface area (Å²) in [6.07, 6.45) is 4.21. The summed E-state index contributed by atoms with van der Waals surface area (Å²) in [7, 11) is 2.10. The summed E-state index contributed by atoms with van der Waals surface area (Å²) >= 11 is 3.61. The van der Waals surface area contributed by atoms with Crippen LogP contribution in [0.25, 0.3) is 0 Å².